The second-order valence-corrected chi connectivity index (χ2v) is 5.83. The molecule has 0 saturated heterocycles. The molecule has 0 radical (unpaired) electrons. The van der Waals surface area contributed by atoms with Crippen molar-refractivity contribution in [2.45, 2.75) is 13.8 Å². The van der Waals surface area contributed by atoms with Crippen LogP contribution in [0.15, 0.2) is 54.6 Å². The van der Waals surface area contributed by atoms with Gasteiger partial charge >= 0.3 is 0 Å². The van der Waals surface area contributed by atoms with Crippen molar-refractivity contribution in [3.63, 3.8) is 0 Å². The molecular weight excluding hydrogens is 328 g/mol. The van der Waals surface area contributed by atoms with Crippen LogP contribution >= 0.6 is 0 Å². The van der Waals surface area contributed by atoms with Gasteiger partial charge in [0.05, 0.1) is 12.8 Å². The lowest BCUT2D eigenvalue weighted by atomic mass is 10.1. The Hall–Kier alpha value is -3.41. The van der Waals surface area contributed by atoms with Crippen LogP contribution in [0.3, 0.4) is 0 Å². The zero-order valence-electron chi connectivity index (χ0n) is 14.9. The molecule has 6 heteroatoms. The number of benzene rings is 2. The minimum atomic E-state index is -0.347. The summed E-state index contributed by atoms with van der Waals surface area (Å²) < 4.78 is 5.23. The van der Waals surface area contributed by atoms with E-state index < -0.39 is 0 Å². The van der Waals surface area contributed by atoms with Crippen molar-refractivity contribution in [3.8, 4) is 5.75 Å². The van der Waals surface area contributed by atoms with Gasteiger partial charge in [-0.1, -0.05) is 24.3 Å². The summed E-state index contributed by atoms with van der Waals surface area (Å²) >= 11 is 0. The molecule has 0 spiro atoms. The first kappa shape index (κ1) is 17.4. The molecule has 0 atom stereocenters. The minimum Gasteiger partial charge on any atom is -0.495 e. The van der Waals surface area contributed by atoms with E-state index in [1.165, 1.54) is 5.56 Å². The number of nitrogens with zero attached hydrogens (tertiary/aromatic N) is 2. The SMILES string of the molecule is COc1ccccc1NC(=O)c1ccc(Nc2cccc(C)c2C)nn1. The Morgan fingerprint density at radius 2 is 1.69 bits per heavy atom. The van der Waals surface area contributed by atoms with E-state index in [9.17, 15) is 4.79 Å². The van der Waals surface area contributed by atoms with Gasteiger partial charge in [0, 0.05) is 5.69 Å². The summed E-state index contributed by atoms with van der Waals surface area (Å²) in [4.78, 5) is 12.4. The van der Waals surface area contributed by atoms with Gasteiger partial charge in [0.25, 0.3) is 5.91 Å². The van der Waals surface area contributed by atoms with Crippen LogP contribution in [-0.4, -0.2) is 23.2 Å². The van der Waals surface area contributed by atoms with E-state index in [4.69, 9.17) is 4.74 Å². The molecular formula is C20H20N4O2. The highest BCUT2D eigenvalue weighted by Gasteiger charge is 2.11. The van der Waals surface area contributed by atoms with Crippen LogP contribution in [0.1, 0.15) is 21.6 Å². The maximum Gasteiger partial charge on any atom is 0.276 e. The predicted octanol–water partition coefficient (Wildman–Crippen LogP) is 4.10. The third-order valence-electron chi connectivity index (χ3n) is 4.12. The van der Waals surface area contributed by atoms with Crippen LogP contribution in [0.25, 0.3) is 0 Å². The highest BCUT2D eigenvalue weighted by molar-refractivity contribution is 6.03. The summed E-state index contributed by atoms with van der Waals surface area (Å²) in [5.41, 5.74) is 4.11. The van der Waals surface area contributed by atoms with E-state index in [-0.39, 0.29) is 11.6 Å². The Morgan fingerprint density at radius 3 is 2.42 bits per heavy atom. The van der Waals surface area contributed by atoms with E-state index in [0.29, 0.717) is 17.3 Å². The van der Waals surface area contributed by atoms with E-state index >= 15 is 0 Å². The molecule has 0 bridgehead atoms. The molecule has 3 rings (SSSR count). The predicted molar refractivity (Wildman–Crippen MR) is 102 cm³/mol. The van der Waals surface area contributed by atoms with Gasteiger partial charge in [-0.2, -0.15) is 0 Å². The minimum absolute atomic E-state index is 0.224. The van der Waals surface area contributed by atoms with E-state index in [0.717, 1.165) is 11.3 Å². The average Bonchev–Trinajstić information content (AvgIpc) is 2.66. The number of amides is 1. The standard InChI is InChI=1S/C20H20N4O2/c1-13-7-6-9-15(14(13)2)21-19-12-11-17(23-24-19)20(25)22-16-8-4-5-10-18(16)26-3/h4-12H,1-3H3,(H,21,24)(H,22,25). The molecule has 0 aliphatic carbocycles. The smallest absolute Gasteiger partial charge is 0.276 e. The number of aromatic nitrogens is 2. The number of anilines is 3. The van der Waals surface area contributed by atoms with E-state index in [2.05, 4.69) is 33.8 Å². The maximum absolute atomic E-state index is 12.4. The van der Waals surface area contributed by atoms with Crippen molar-refractivity contribution in [1.82, 2.24) is 10.2 Å². The van der Waals surface area contributed by atoms with Gasteiger partial charge in [-0.25, -0.2) is 0 Å². The number of carbonyl (C=O) groups excluding carboxylic acids is 1. The van der Waals surface area contributed by atoms with Crippen molar-refractivity contribution >= 4 is 23.1 Å². The molecule has 6 nitrogen and oxygen atoms in total. The maximum atomic E-state index is 12.4. The number of ether oxygens (including phenoxy) is 1. The molecule has 0 unspecified atom stereocenters. The Balaban J connectivity index is 1.73. The number of para-hydroxylation sites is 2. The highest BCUT2D eigenvalue weighted by Crippen LogP contribution is 2.24. The molecule has 26 heavy (non-hydrogen) atoms. The van der Waals surface area contributed by atoms with Crippen molar-refractivity contribution in [1.29, 1.82) is 0 Å². The van der Waals surface area contributed by atoms with Crippen LogP contribution in [0, 0.1) is 13.8 Å². The molecule has 0 saturated carbocycles. The lowest BCUT2D eigenvalue weighted by Gasteiger charge is -2.11. The first-order valence-corrected chi connectivity index (χ1v) is 8.20. The van der Waals surface area contributed by atoms with Gasteiger partial charge in [0.2, 0.25) is 0 Å². The van der Waals surface area contributed by atoms with Crippen molar-refractivity contribution in [2.24, 2.45) is 0 Å². The molecule has 1 aromatic heterocycles. The van der Waals surface area contributed by atoms with Gasteiger partial charge in [0.1, 0.15) is 5.75 Å². The summed E-state index contributed by atoms with van der Waals surface area (Å²) in [5.74, 6) is 0.815. The first-order chi connectivity index (χ1) is 12.6. The summed E-state index contributed by atoms with van der Waals surface area (Å²) in [6, 6.07) is 16.6. The quantitative estimate of drug-likeness (QED) is 0.726. The number of hydrogen-bond donors (Lipinski definition) is 2. The van der Waals surface area contributed by atoms with Crippen LogP contribution in [0.4, 0.5) is 17.2 Å². The van der Waals surface area contributed by atoms with Crippen LogP contribution in [0.5, 0.6) is 5.75 Å². The molecule has 132 valence electrons. The fraction of sp³-hybridized carbons (Fsp3) is 0.150. The highest BCUT2D eigenvalue weighted by atomic mass is 16.5. The third kappa shape index (κ3) is 3.80. The van der Waals surface area contributed by atoms with Gasteiger partial charge in [0.15, 0.2) is 11.5 Å². The van der Waals surface area contributed by atoms with Crippen molar-refractivity contribution < 1.29 is 9.53 Å². The molecule has 0 fully saturated rings. The van der Waals surface area contributed by atoms with Gasteiger partial charge < -0.3 is 15.4 Å². The van der Waals surface area contributed by atoms with Crippen molar-refractivity contribution in [2.75, 3.05) is 17.7 Å². The normalized spacial score (nSPS) is 10.3. The zero-order chi connectivity index (χ0) is 18.5. The number of rotatable bonds is 5. The van der Waals surface area contributed by atoms with Crippen LogP contribution in [-0.2, 0) is 0 Å². The largest absolute Gasteiger partial charge is 0.495 e. The Morgan fingerprint density at radius 1 is 0.923 bits per heavy atom. The third-order valence-corrected chi connectivity index (χ3v) is 4.12. The molecule has 0 aliphatic heterocycles. The summed E-state index contributed by atoms with van der Waals surface area (Å²) in [5, 5.41) is 14.1. The Kier molecular flexibility index (Phi) is 5.12. The van der Waals surface area contributed by atoms with Gasteiger partial charge in [-0.3, -0.25) is 4.79 Å². The topological polar surface area (TPSA) is 76.1 Å². The molecule has 1 heterocycles. The number of hydrogen-bond acceptors (Lipinski definition) is 5. The first-order valence-electron chi connectivity index (χ1n) is 8.20. The zero-order valence-corrected chi connectivity index (χ0v) is 14.9. The monoisotopic (exact) mass is 348 g/mol. The molecule has 2 aromatic carbocycles. The molecule has 1 amide bonds. The molecule has 0 aliphatic rings. The Bertz CT molecular complexity index is 923. The summed E-state index contributed by atoms with van der Waals surface area (Å²) in [6.45, 7) is 4.09. The van der Waals surface area contributed by atoms with Crippen molar-refractivity contribution in [3.05, 3.63) is 71.4 Å². The van der Waals surface area contributed by atoms with Crippen LogP contribution < -0.4 is 15.4 Å². The summed E-state index contributed by atoms with van der Waals surface area (Å²) in [6.07, 6.45) is 0. The second kappa shape index (κ2) is 7.65. The number of nitrogens with one attached hydrogen (secondary N) is 2. The van der Waals surface area contributed by atoms with Gasteiger partial charge in [-0.05, 0) is 55.3 Å². The molecule has 3 aromatic rings. The lowest BCUT2D eigenvalue weighted by Crippen LogP contribution is -2.15. The fourth-order valence-corrected chi connectivity index (χ4v) is 2.48. The number of aryl methyl sites for hydroxylation is 1. The van der Waals surface area contributed by atoms with Gasteiger partial charge in [-0.15, -0.1) is 10.2 Å². The average molecular weight is 348 g/mol. The number of carbonyl (C=O) groups is 1. The van der Waals surface area contributed by atoms with E-state index in [1.807, 2.05) is 31.2 Å². The van der Waals surface area contributed by atoms with Crippen LogP contribution in [0.2, 0.25) is 0 Å². The second-order valence-electron chi connectivity index (χ2n) is 5.83. The Labute approximate surface area is 152 Å². The fourth-order valence-electron chi connectivity index (χ4n) is 2.48. The lowest BCUT2D eigenvalue weighted by molar-refractivity contribution is 0.102. The summed E-state index contributed by atoms with van der Waals surface area (Å²) in [7, 11) is 1.55. The van der Waals surface area contributed by atoms with E-state index in [1.54, 1.807) is 31.4 Å². The molecule has 2 N–H and O–H groups in total. The number of methoxy groups -OCH3 is 1.